The van der Waals surface area contributed by atoms with Crippen LogP contribution in [0.2, 0.25) is 5.02 Å². The second-order valence-electron chi connectivity index (χ2n) is 2.77. The first-order chi connectivity index (χ1) is 6.34. The topological polar surface area (TPSA) is 41.6 Å². The van der Waals surface area contributed by atoms with Crippen molar-refractivity contribution >= 4 is 44.4 Å². The Hall–Kier alpha value is -1.13. The maximum absolute atomic E-state index is 5.88. The number of hydrogen-bond acceptors (Lipinski definition) is 3. The monoisotopic (exact) mass is 209 g/mol. The SMILES string of the molecule is Clc1ccc2[nH]c3snnc3c2c1. The molecule has 0 saturated heterocycles. The van der Waals surface area contributed by atoms with Crippen molar-refractivity contribution in [2.75, 3.05) is 0 Å². The van der Waals surface area contributed by atoms with Crippen LogP contribution in [-0.2, 0) is 0 Å². The average Bonchev–Trinajstić information content (AvgIpc) is 2.64. The number of rotatable bonds is 0. The number of aromatic nitrogens is 3. The van der Waals surface area contributed by atoms with E-state index in [0.717, 1.165) is 26.3 Å². The van der Waals surface area contributed by atoms with Crippen molar-refractivity contribution in [2.45, 2.75) is 0 Å². The summed E-state index contributed by atoms with van der Waals surface area (Å²) in [6.45, 7) is 0. The quantitative estimate of drug-likeness (QED) is 0.619. The fraction of sp³-hybridized carbons (Fsp3) is 0. The second kappa shape index (κ2) is 2.43. The number of hydrogen-bond donors (Lipinski definition) is 1. The van der Waals surface area contributed by atoms with Crippen molar-refractivity contribution in [1.29, 1.82) is 0 Å². The van der Waals surface area contributed by atoms with Gasteiger partial charge in [0, 0.05) is 27.5 Å². The third kappa shape index (κ3) is 0.959. The second-order valence-corrected chi connectivity index (χ2v) is 3.96. The first-order valence-electron chi connectivity index (χ1n) is 3.74. The highest BCUT2D eigenvalue weighted by atomic mass is 35.5. The lowest BCUT2D eigenvalue weighted by Crippen LogP contribution is -1.69. The van der Waals surface area contributed by atoms with Gasteiger partial charge in [0.2, 0.25) is 0 Å². The summed E-state index contributed by atoms with van der Waals surface area (Å²) in [6, 6.07) is 5.71. The number of H-pyrrole nitrogens is 1. The molecule has 0 saturated carbocycles. The highest BCUT2D eigenvalue weighted by molar-refractivity contribution is 7.12. The molecule has 0 aliphatic rings. The van der Waals surface area contributed by atoms with Gasteiger partial charge in [-0.15, -0.1) is 5.10 Å². The Morgan fingerprint density at radius 1 is 1.38 bits per heavy atom. The standard InChI is InChI=1S/C8H4ClN3S/c9-4-1-2-6-5(3-4)7-8(10-6)13-12-11-7/h1-3,10H. The molecule has 0 fully saturated rings. The molecule has 0 bridgehead atoms. The summed E-state index contributed by atoms with van der Waals surface area (Å²) in [4.78, 5) is 4.22. The maximum atomic E-state index is 5.88. The molecule has 0 aliphatic heterocycles. The molecule has 3 aromatic rings. The van der Waals surface area contributed by atoms with Crippen molar-refractivity contribution in [3.8, 4) is 0 Å². The molecular formula is C8H4ClN3S. The Morgan fingerprint density at radius 2 is 2.31 bits per heavy atom. The molecule has 0 amide bonds. The maximum Gasteiger partial charge on any atom is 0.142 e. The third-order valence-corrected chi connectivity index (χ3v) is 2.85. The molecule has 0 radical (unpaired) electrons. The van der Waals surface area contributed by atoms with Crippen molar-refractivity contribution in [3.05, 3.63) is 23.2 Å². The highest BCUT2D eigenvalue weighted by Gasteiger charge is 2.07. The predicted molar refractivity (Wildman–Crippen MR) is 54.3 cm³/mol. The third-order valence-electron chi connectivity index (χ3n) is 1.97. The normalized spacial score (nSPS) is 11.5. The van der Waals surface area contributed by atoms with E-state index in [2.05, 4.69) is 14.6 Å². The Balaban J connectivity index is 2.61. The Labute approximate surface area is 82.5 Å². The fourth-order valence-electron chi connectivity index (χ4n) is 1.39. The van der Waals surface area contributed by atoms with Gasteiger partial charge < -0.3 is 4.98 Å². The lowest BCUT2D eigenvalue weighted by molar-refractivity contribution is 1.20. The van der Waals surface area contributed by atoms with Gasteiger partial charge >= 0.3 is 0 Å². The van der Waals surface area contributed by atoms with Crippen LogP contribution in [0, 0.1) is 0 Å². The van der Waals surface area contributed by atoms with Gasteiger partial charge in [-0.2, -0.15) is 0 Å². The number of aromatic amines is 1. The molecule has 2 aromatic heterocycles. The zero-order valence-corrected chi connectivity index (χ0v) is 7.99. The van der Waals surface area contributed by atoms with Gasteiger partial charge in [-0.05, 0) is 18.2 Å². The number of benzene rings is 1. The summed E-state index contributed by atoms with van der Waals surface area (Å²) in [5.74, 6) is 0. The van der Waals surface area contributed by atoms with Crippen LogP contribution in [0.1, 0.15) is 0 Å². The van der Waals surface area contributed by atoms with E-state index < -0.39 is 0 Å². The summed E-state index contributed by atoms with van der Waals surface area (Å²) in [7, 11) is 0. The molecule has 0 spiro atoms. The summed E-state index contributed by atoms with van der Waals surface area (Å²) in [6.07, 6.45) is 0. The highest BCUT2D eigenvalue weighted by Crippen LogP contribution is 2.27. The van der Waals surface area contributed by atoms with Gasteiger partial charge in [0.1, 0.15) is 10.3 Å². The van der Waals surface area contributed by atoms with Crippen molar-refractivity contribution in [3.63, 3.8) is 0 Å². The Bertz CT molecular complexity index is 583. The van der Waals surface area contributed by atoms with Crippen LogP contribution in [0.25, 0.3) is 21.3 Å². The lowest BCUT2D eigenvalue weighted by Gasteiger charge is -1.89. The van der Waals surface area contributed by atoms with E-state index in [0.29, 0.717) is 0 Å². The number of nitrogens with one attached hydrogen (secondary N) is 1. The van der Waals surface area contributed by atoms with Crippen LogP contribution >= 0.6 is 23.1 Å². The van der Waals surface area contributed by atoms with E-state index in [9.17, 15) is 0 Å². The number of nitrogens with zero attached hydrogens (tertiary/aromatic N) is 2. The zero-order chi connectivity index (χ0) is 8.84. The van der Waals surface area contributed by atoms with Gasteiger partial charge in [0.05, 0.1) is 0 Å². The van der Waals surface area contributed by atoms with Gasteiger partial charge in [0.15, 0.2) is 0 Å². The minimum absolute atomic E-state index is 0.724. The van der Waals surface area contributed by atoms with Gasteiger partial charge in [-0.25, -0.2) is 0 Å². The minimum Gasteiger partial charge on any atom is -0.344 e. The predicted octanol–water partition coefficient (Wildman–Crippen LogP) is 2.83. The van der Waals surface area contributed by atoms with E-state index >= 15 is 0 Å². The van der Waals surface area contributed by atoms with Crippen molar-refractivity contribution < 1.29 is 0 Å². The van der Waals surface area contributed by atoms with Gasteiger partial charge in [-0.1, -0.05) is 16.1 Å². The van der Waals surface area contributed by atoms with Crippen molar-refractivity contribution in [2.24, 2.45) is 0 Å². The smallest absolute Gasteiger partial charge is 0.142 e. The lowest BCUT2D eigenvalue weighted by atomic mass is 10.2. The van der Waals surface area contributed by atoms with Crippen molar-refractivity contribution in [1.82, 2.24) is 14.6 Å². The molecule has 1 aromatic carbocycles. The van der Waals surface area contributed by atoms with E-state index in [4.69, 9.17) is 11.6 Å². The first kappa shape index (κ1) is 7.29. The van der Waals surface area contributed by atoms with E-state index in [1.54, 1.807) is 0 Å². The van der Waals surface area contributed by atoms with Crippen LogP contribution in [0.5, 0.6) is 0 Å². The molecule has 64 valence electrons. The molecular weight excluding hydrogens is 206 g/mol. The first-order valence-corrected chi connectivity index (χ1v) is 4.89. The van der Waals surface area contributed by atoms with Gasteiger partial charge in [0.25, 0.3) is 0 Å². The van der Waals surface area contributed by atoms with E-state index in [-0.39, 0.29) is 0 Å². The van der Waals surface area contributed by atoms with E-state index in [1.165, 1.54) is 11.5 Å². The Morgan fingerprint density at radius 3 is 3.23 bits per heavy atom. The molecule has 0 atom stereocenters. The summed E-state index contributed by atoms with van der Waals surface area (Å²) < 4.78 is 3.86. The molecule has 0 unspecified atom stereocenters. The minimum atomic E-state index is 0.724. The zero-order valence-electron chi connectivity index (χ0n) is 6.41. The van der Waals surface area contributed by atoms with Gasteiger partial charge in [-0.3, -0.25) is 0 Å². The van der Waals surface area contributed by atoms with Crippen LogP contribution in [0.15, 0.2) is 18.2 Å². The molecule has 5 heteroatoms. The largest absolute Gasteiger partial charge is 0.344 e. The number of fused-ring (bicyclic) bond motifs is 3. The van der Waals surface area contributed by atoms with Crippen LogP contribution < -0.4 is 0 Å². The van der Waals surface area contributed by atoms with E-state index in [1.807, 2.05) is 18.2 Å². The molecule has 1 N–H and O–H groups in total. The molecule has 13 heavy (non-hydrogen) atoms. The fourth-order valence-corrected chi connectivity index (χ4v) is 2.16. The van der Waals surface area contributed by atoms with Crippen LogP contribution in [-0.4, -0.2) is 14.6 Å². The van der Waals surface area contributed by atoms with Crippen LogP contribution in [0.3, 0.4) is 0 Å². The summed E-state index contributed by atoms with van der Waals surface area (Å²) >= 11 is 7.24. The molecule has 0 aliphatic carbocycles. The van der Waals surface area contributed by atoms with Crippen LogP contribution in [0.4, 0.5) is 0 Å². The number of halogens is 1. The Kier molecular flexibility index (Phi) is 1.36. The summed E-state index contributed by atoms with van der Waals surface area (Å²) in [5, 5.41) is 5.79. The molecule has 2 heterocycles. The summed E-state index contributed by atoms with van der Waals surface area (Å²) in [5.41, 5.74) is 1.96. The molecule has 3 rings (SSSR count). The molecule has 3 nitrogen and oxygen atoms in total. The average molecular weight is 210 g/mol.